The van der Waals surface area contributed by atoms with E-state index in [0.717, 1.165) is 30.3 Å². The largest absolute Gasteiger partial charge is 0.416 e. The maximum atomic E-state index is 13.1. The molecule has 4 aromatic rings. The van der Waals surface area contributed by atoms with E-state index in [-0.39, 0.29) is 17.0 Å². The van der Waals surface area contributed by atoms with E-state index in [9.17, 15) is 22.8 Å². The van der Waals surface area contributed by atoms with Crippen molar-refractivity contribution in [2.75, 3.05) is 11.1 Å². The fourth-order valence-corrected chi connectivity index (χ4v) is 4.26. The number of halogens is 3. The summed E-state index contributed by atoms with van der Waals surface area (Å²) in [5, 5.41) is 11.8. The standard InChI is InChI=1S/C23H22F3N5O2S/c1-14(2)10-11-30-20(33)17-8-3-4-9-18(17)31-21(30)28-29-22(31)34-13-19(32)27-16-7-5-6-15(12-16)23(24,25)26/h3-9,12,14H,10-11,13H2,1-2H3,(H,27,32). The van der Waals surface area contributed by atoms with Crippen molar-refractivity contribution < 1.29 is 18.0 Å². The minimum absolute atomic E-state index is 0.0551. The normalized spacial score (nSPS) is 12.1. The molecule has 4 rings (SSSR count). The number of fused-ring (bicyclic) bond motifs is 3. The van der Waals surface area contributed by atoms with Gasteiger partial charge in [0.1, 0.15) is 0 Å². The molecule has 0 atom stereocenters. The lowest BCUT2D eigenvalue weighted by molar-refractivity contribution is -0.137. The van der Waals surface area contributed by atoms with Crippen molar-refractivity contribution in [2.24, 2.45) is 5.92 Å². The number of thioether (sulfide) groups is 1. The van der Waals surface area contributed by atoms with Crippen molar-refractivity contribution in [3.63, 3.8) is 0 Å². The number of aromatic nitrogens is 4. The number of hydrogen-bond donors (Lipinski definition) is 1. The summed E-state index contributed by atoms with van der Waals surface area (Å²) in [6.07, 6.45) is -3.72. The molecule has 0 saturated heterocycles. The van der Waals surface area contributed by atoms with E-state index in [1.54, 1.807) is 33.2 Å². The molecule has 2 aromatic heterocycles. The number of carbonyl (C=O) groups is 1. The Bertz CT molecular complexity index is 1410. The summed E-state index contributed by atoms with van der Waals surface area (Å²) in [6.45, 7) is 4.61. The van der Waals surface area contributed by atoms with Crippen LogP contribution in [0.2, 0.25) is 0 Å². The Kier molecular flexibility index (Phi) is 6.65. The maximum Gasteiger partial charge on any atom is 0.416 e. The number of para-hydroxylation sites is 1. The van der Waals surface area contributed by atoms with Crippen molar-refractivity contribution in [1.82, 2.24) is 19.2 Å². The minimum Gasteiger partial charge on any atom is -0.325 e. The van der Waals surface area contributed by atoms with E-state index < -0.39 is 17.6 Å². The third-order valence-electron chi connectivity index (χ3n) is 5.21. The Morgan fingerprint density at radius 3 is 2.62 bits per heavy atom. The van der Waals surface area contributed by atoms with Gasteiger partial charge in [0.2, 0.25) is 11.7 Å². The number of aryl methyl sites for hydroxylation is 1. The molecule has 7 nitrogen and oxygen atoms in total. The summed E-state index contributed by atoms with van der Waals surface area (Å²) < 4.78 is 42.1. The highest BCUT2D eigenvalue weighted by Crippen LogP contribution is 2.30. The van der Waals surface area contributed by atoms with Gasteiger partial charge < -0.3 is 5.32 Å². The van der Waals surface area contributed by atoms with Crippen LogP contribution in [0.15, 0.2) is 58.5 Å². The summed E-state index contributed by atoms with van der Waals surface area (Å²) in [4.78, 5) is 25.5. The highest BCUT2D eigenvalue weighted by Gasteiger charge is 2.30. The van der Waals surface area contributed by atoms with Crippen molar-refractivity contribution >= 4 is 40.0 Å². The molecule has 0 saturated carbocycles. The van der Waals surface area contributed by atoms with Crippen molar-refractivity contribution in [2.45, 2.75) is 38.1 Å². The first-order valence-electron chi connectivity index (χ1n) is 10.6. The van der Waals surface area contributed by atoms with Gasteiger partial charge >= 0.3 is 6.18 Å². The quantitative estimate of drug-likeness (QED) is 0.376. The average molecular weight is 490 g/mol. The highest BCUT2D eigenvalue weighted by atomic mass is 32.2. The summed E-state index contributed by atoms with van der Waals surface area (Å²) in [6, 6.07) is 11.6. The number of anilines is 1. The molecule has 34 heavy (non-hydrogen) atoms. The van der Waals surface area contributed by atoms with Gasteiger partial charge in [-0.2, -0.15) is 13.2 Å². The number of alkyl halides is 3. The molecule has 1 amide bonds. The van der Waals surface area contributed by atoms with E-state index >= 15 is 0 Å². The Labute approximate surface area is 197 Å². The molecular formula is C23H22F3N5O2S. The first kappa shape index (κ1) is 23.8. The van der Waals surface area contributed by atoms with Crippen LogP contribution in [0.3, 0.4) is 0 Å². The lowest BCUT2D eigenvalue weighted by atomic mass is 10.1. The molecule has 2 heterocycles. The zero-order valence-electron chi connectivity index (χ0n) is 18.5. The number of carbonyl (C=O) groups excluding carboxylic acids is 1. The fourth-order valence-electron chi connectivity index (χ4n) is 3.52. The van der Waals surface area contributed by atoms with E-state index in [4.69, 9.17) is 0 Å². The van der Waals surface area contributed by atoms with Crippen LogP contribution < -0.4 is 10.9 Å². The van der Waals surface area contributed by atoms with Crippen LogP contribution in [-0.4, -0.2) is 30.8 Å². The maximum absolute atomic E-state index is 13.1. The summed E-state index contributed by atoms with van der Waals surface area (Å²) in [5.41, 5.74) is -0.323. The van der Waals surface area contributed by atoms with Gasteiger partial charge in [-0.3, -0.25) is 18.6 Å². The zero-order chi connectivity index (χ0) is 24.5. The van der Waals surface area contributed by atoms with Gasteiger partial charge in [0.05, 0.1) is 22.2 Å². The van der Waals surface area contributed by atoms with Gasteiger partial charge in [0.25, 0.3) is 5.56 Å². The van der Waals surface area contributed by atoms with Gasteiger partial charge in [-0.1, -0.05) is 43.8 Å². The molecular weight excluding hydrogens is 467 g/mol. The fraction of sp³-hybridized carbons (Fsp3) is 0.304. The second-order valence-electron chi connectivity index (χ2n) is 8.19. The number of nitrogens with one attached hydrogen (secondary N) is 1. The second kappa shape index (κ2) is 9.49. The number of amides is 1. The summed E-state index contributed by atoms with van der Waals surface area (Å²) >= 11 is 1.09. The molecule has 0 aliphatic rings. The van der Waals surface area contributed by atoms with Crippen molar-refractivity contribution in [3.8, 4) is 0 Å². The second-order valence-corrected chi connectivity index (χ2v) is 9.13. The molecule has 0 aliphatic carbocycles. The molecule has 178 valence electrons. The lowest BCUT2D eigenvalue weighted by Gasteiger charge is -2.12. The van der Waals surface area contributed by atoms with Crippen LogP contribution in [0.4, 0.5) is 18.9 Å². The number of benzene rings is 2. The van der Waals surface area contributed by atoms with Gasteiger partial charge in [0, 0.05) is 12.2 Å². The molecule has 11 heteroatoms. The number of hydrogen-bond acceptors (Lipinski definition) is 5. The van der Waals surface area contributed by atoms with Gasteiger partial charge in [-0.05, 0) is 42.7 Å². The Morgan fingerprint density at radius 1 is 1.12 bits per heavy atom. The van der Waals surface area contributed by atoms with E-state index in [0.29, 0.717) is 34.3 Å². The zero-order valence-corrected chi connectivity index (χ0v) is 19.3. The predicted molar refractivity (Wildman–Crippen MR) is 125 cm³/mol. The van der Waals surface area contributed by atoms with E-state index in [1.807, 2.05) is 0 Å². The first-order chi connectivity index (χ1) is 16.1. The smallest absolute Gasteiger partial charge is 0.325 e. The summed E-state index contributed by atoms with van der Waals surface area (Å²) in [5.74, 6) is 0.176. The highest BCUT2D eigenvalue weighted by molar-refractivity contribution is 7.99. The van der Waals surface area contributed by atoms with Crippen molar-refractivity contribution in [3.05, 3.63) is 64.4 Å². The number of nitrogens with zero attached hydrogens (tertiary/aromatic N) is 4. The molecule has 0 unspecified atom stereocenters. The molecule has 0 bridgehead atoms. The van der Waals surface area contributed by atoms with E-state index in [1.165, 1.54) is 12.1 Å². The summed E-state index contributed by atoms with van der Waals surface area (Å²) in [7, 11) is 0. The monoisotopic (exact) mass is 489 g/mol. The molecule has 0 aliphatic heterocycles. The van der Waals surface area contributed by atoms with Crippen LogP contribution in [0.25, 0.3) is 16.7 Å². The predicted octanol–water partition coefficient (Wildman–Crippen LogP) is 4.84. The third-order valence-corrected chi connectivity index (χ3v) is 6.14. The first-order valence-corrected chi connectivity index (χ1v) is 11.6. The molecule has 0 radical (unpaired) electrons. The molecule has 2 aromatic carbocycles. The van der Waals surface area contributed by atoms with Crippen LogP contribution in [-0.2, 0) is 17.5 Å². The van der Waals surface area contributed by atoms with Gasteiger partial charge in [-0.15, -0.1) is 10.2 Å². The SMILES string of the molecule is CC(C)CCn1c(=O)c2ccccc2n2c(SCC(=O)Nc3cccc(C(F)(F)F)c3)nnc12. The van der Waals surface area contributed by atoms with Gasteiger partial charge in [0.15, 0.2) is 5.16 Å². The van der Waals surface area contributed by atoms with Crippen LogP contribution >= 0.6 is 11.8 Å². The van der Waals surface area contributed by atoms with Crippen LogP contribution in [0.5, 0.6) is 0 Å². The minimum atomic E-state index is -4.50. The topological polar surface area (TPSA) is 81.3 Å². The van der Waals surface area contributed by atoms with Crippen LogP contribution in [0.1, 0.15) is 25.8 Å². The van der Waals surface area contributed by atoms with E-state index in [2.05, 4.69) is 29.4 Å². The molecule has 1 N–H and O–H groups in total. The Hall–Kier alpha value is -3.34. The lowest BCUT2D eigenvalue weighted by Crippen LogP contribution is -2.24. The van der Waals surface area contributed by atoms with Crippen LogP contribution in [0, 0.1) is 5.92 Å². The van der Waals surface area contributed by atoms with Crippen molar-refractivity contribution in [1.29, 1.82) is 0 Å². The molecule has 0 fully saturated rings. The Balaban J connectivity index is 1.61. The molecule has 0 spiro atoms. The Morgan fingerprint density at radius 2 is 1.88 bits per heavy atom. The third kappa shape index (κ3) is 4.93. The average Bonchev–Trinajstić information content (AvgIpc) is 3.21. The number of rotatable bonds is 7. The van der Waals surface area contributed by atoms with Gasteiger partial charge in [-0.25, -0.2) is 0 Å².